The highest BCUT2D eigenvalue weighted by atomic mass is 79.9. The Morgan fingerprint density at radius 3 is 2.67 bits per heavy atom. The van der Waals surface area contributed by atoms with Crippen molar-refractivity contribution in [1.29, 1.82) is 0 Å². The van der Waals surface area contributed by atoms with E-state index in [0.717, 1.165) is 10.2 Å². The minimum absolute atomic E-state index is 0.607. The fourth-order valence-electron chi connectivity index (χ4n) is 1.87. The number of hydrogen-bond donors (Lipinski definition) is 0. The fraction of sp³-hybridized carbons (Fsp3) is 0.667. The van der Waals surface area contributed by atoms with Crippen LogP contribution in [0, 0.1) is 0 Å². The minimum Gasteiger partial charge on any atom is -0.360 e. The summed E-state index contributed by atoms with van der Waals surface area (Å²) in [7, 11) is 0. The number of rotatable bonds is 1. The molecular formula is C9H12BrNO. The molecule has 1 aliphatic rings. The third kappa shape index (κ3) is 1.56. The fourth-order valence-corrected chi connectivity index (χ4v) is 2.35. The summed E-state index contributed by atoms with van der Waals surface area (Å²) in [6.45, 7) is 0. The first-order valence-corrected chi connectivity index (χ1v) is 5.27. The molecule has 2 rings (SSSR count). The van der Waals surface area contributed by atoms with Crippen molar-refractivity contribution >= 4 is 15.9 Å². The highest BCUT2D eigenvalue weighted by Crippen LogP contribution is 2.35. The van der Waals surface area contributed by atoms with Gasteiger partial charge in [-0.15, -0.1) is 0 Å². The molecule has 0 aromatic carbocycles. The summed E-state index contributed by atoms with van der Waals surface area (Å²) in [6, 6.07) is 0. The number of nitrogens with zero attached hydrogens (tertiary/aromatic N) is 1. The van der Waals surface area contributed by atoms with Crippen molar-refractivity contribution in [1.82, 2.24) is 5.16 Å². The molecule has 1 aromatic rings. The number of hydrogen-bond acceptors (Lipinski definition) is 2. The van der Waals surface area contributed by atoms with E-state index in [1.54, 1.807) is 6.20 Å². The second-order valence-electron chi connectivity index (χ2n) is 3.37. The number of aromatic nitrogens is 1. The Morgan fingerprint density at radius 2 is 2.08 bits per heavy atom. The first-order chi connectivity index (χ1) is 5.88. The van der Waals surface area contributed by atoms with Gasteiger partial charge in [-0.2, -0.15) is 0 Å². The molecule has 0 N–H and O–H groups in total. The van der Waals surface area contributed by atoms with Crippen LogP contribution in [-0.4, -0.2) is 5.16 Å². The predicted molar refractivity (Wildman–Crippen MR) is 50.0 cm³/mol. The van der Waals surface area contributed by atoms with E-state index in [9.17, 15) is 0 Å². The van der Waals surface area contributed by atoms with Crippen LogP contribution in [0.5, 0.6) is 0 Å². The lowest BCUT2D eigenvalue weighted by Crippen LogP contribution is -2.03. The van der Waals surface area contributed by atoms with Crippen molar-refractivity contribution in [2.45, 2.75) is 38.0 Å². The lowest BCUT2D eigenvalue weighted by atomic mass is 9.88. The molecule has 2 nitrogen and oxygen atoms in total. The Hall–Kier alpha value is -0.310. The molecule has 0 radical (unpaired) electrons. The van der Waals surface area contributed by atoms with E-state index in [1.165, 1.54) is 32.1 Å². The van der Waals surface area contributed by atoms with E-state index >= 15 is 0 Å². The van der Waals surface area contributed by atoms with E-state index in [4.69, 9.17) is 4.52 Å². The van der Waals surface area contributed by atoms with Crippen LogP contribution >= 0.6 is 15.9 Å². The normalized spacial score (nSPS) is 19.8. The molecule has 0 unspecified atom stereocenters. The summed E-state index contributed by atoms with van der Waals surface area (Å²) in [6.07, 6.45) is 8.30. The van der Waals surface area contributed by atoms with Crippen molar-refractivity contribution < 1.29 is 4.52 Å². The average molecular weight is 230 g/mol. The maximum absolute atomic E-state index is 5.21. The van der Waals surface area contributed by atoms with Crippen molar-refractivity contribution in [2.75, 3.05) is 0 Å². The molecule has 0 aliphatic heterocycles. The molecule has 1 fully saturated rings. The zero-order chi connectivity index (χ0) is 8.39. The van der Waals surface area contributed by atoms with Crippen molar-refractivity contribution in [3.63, 3.8) is 0 Å². The van der Waals surface area contributed by atoms with Crippen LogP contribution in [0.25, 0.3) is 0 Å². The van der Waals surface area contributed by atoms with Crippen LogP contribution in [0.3, 0.4) is 0 Å². The molecule has 0 amide bonds. The third-order valence-corrected chi connectivity index (χ3v) is 3.12. The average Bonchev–Trinajstić information content (AvgIpc) is 2.53. The van der Waals surface area contributed by atoms with Gasteiger partial charge in [0.05, 0.1) is 10.7 Å². The first kappa shape index (κ1) is 8.30. The molecule has 0 bridgehead atoms. The summed E-state index contributed by atoms with van der Waals surface area (Å²) in [4.78, 5) is 0. The highest BCUT2D eigenvalue weighted by Gasteiger charge is 2.21. The van der Waals surface area contributed by atoms with Gasteiger partial charge in [0.15, 0.2) is 5.76 Å². The highest BCUT2D eigenvalue weighted by molar-refractivity contribution is 9.10. The van der Waals surface area contributed by atoms with Crippen molar-refractivity contribution in [3.05, 3.63) is 16.4 Å². The molecular weight excluding hydrogens is 218 g/mol. The largest absolute Gasteiger partial charge is 0.360 e. The summed E-state index contributed by atoms with van der Waals surface area (Å²) in [5, 5.41) is 3.78. The Kier molecular flexibility index (Phi) is 2.49. The summed E-state index contributed by atoms with van der Waals surface area (Å²) >= 11 is 3.45. The molecule has 1 aromatic heterocycles. The molecule has 0 saturated heterocycles. The molecule has 66 valence electrons. The summed E-state index contributed by atoms with van der Waals surface area (Å²) in [5.41, 5.74) is 0. The Bertz CT molecular complexity index is 253. The van der Waals surface area contributed by atoms with Gasteiger partial charge in [0.2, 0.25) is 0 Å². The topological polar surface area (TPSA) is 26.0 Å². The van der Waals surface area contributed by atoms with E-state index in [-0.39, 0.29) is 0 Å². The predicted octanol–water partition coefficient (Wildman–Crippen LogP) is 3.48. The number of halogens is 1. The smallest absolute Gasteiger partial charge is 0.153 e. The van der Waals surface area contributed by atoms with Gasteiger partial charge in [0.25, 0.3) is 0 Å². The van der Waals surface area contributed by atoms with Crippen molar-refractivity contribution in [2.24, 2.45) is 0 Å². The lowest BCUT2D eigenvalue weighted by Gasteiger charge is -2.18. The second-order valence-corrected chi connectivity index (χ2v) is 4.23. The van der Waals surface area contributed by atoms with Gasteiger partial charge in [-0.1, -0.05) is 24.4 Å². The zero-order valence-corrected chi connectivity index (χ0v) is 8.51. The molecule has 1 saturated carbocycles. The van der Waals surface area contributed by atoms with E-state index in [0.29, 0.717) is 5.92 Å². The van der Waals surface area contributed by atoms with Gasteiger partial charge in [-0.05, 0) is 28.8 Å². The van der Waals surface area contributed by atoms with Gasteiger partial charge < -0.3 is 4.52 Å². The maximum Gasteiger partial charge on any atom is 0.153 e. The molecule has 1 aliphatic carbocycles. The zero-order valence-electron chi connectivity index (χ0n) is 6.92. The van der Waals surface area contributed by atoms with Gasteiger partial charge in [-0.25, -0.2) is 0 Å². The monoisotopic (exact) mass is 229 g/mol. The van der Waals surface area contributed by atoms with Gasteiger partial charge >= 0.3 is 0 Å². The summed E-state index contributed by atoms with van der Waals surface area (Å²) in [5.74, 6) is 1.66. The van der Waals surface area contributed by atoms with Crippen LogP contribution in [0.2, 0.25) is 0 Å². The standard InChI is InChI=1S/C9H12BrNO/c10-8-6-11-12-9(8)7-4-2-1-3-5-7/h6-7H,1-5H2. The minimum atomic E-state index is 0.607. The quantitative estimate of drug-likeness (QED) is 0.738. The SMILES string of the molecule is Brc1cnoc1C1CCCCC1. The summed E-state index contributed by atoms with van der Waals surface area (Å²) < 4.78 is 6.24. The Balaban J connectivity index is 2.13. The van der Waals surface area contributed by atoms with Gasteiger partial charge in [0.1, 0.15) is 0 Å². The van der Waals surface area contributed by atoms with Gasteiger partial charge in [-0.3, -0.25) is 0 Å². The Morgan fingerprint density at radius 1 is 1.33 bits per heavy atom. The van der Waals surface area contributed by atoms with Crippen LogP contribution in [0.15, 0.2) is 15.2 Å². The van der Waals surface area contributed by atoms with Crippen LogP contribution in [-0.2, 0) is 0 Å². The molecule has 1 heterocycles. The lowest BCUT2D eigenvalue weighted by molar-refractivity contribution is 0.320. The van der Waals surface area contributed by atoms with E-state index in [1.807, 2.05) is 0 Å². The molecule has 12 heavy (non-hydrogen) atoms. The third-order valence-electron chi connectivity index (χ3n) is 2.53. The molecule has 0 spiro atoms. The van der Waals surface area contributed by atoms with Gasteiger partial charge in [0, 0.05) is 5.92 Å². The molecule has 0 atom stereocenters. The van der Waals surface area contributed by atoms with E-state index < -0.39 is 0 Å². The van der Waals surface area contributed by atoms with Crippen molar-refractivity contribution in [3.8, 4) is 0 Å². The molecule has 3 heteroatoms. The van der Waals surface area contributed by atoms with Crippen LogP contribution in [0.1, 0.15) is 43.8 Å². The maximum atomic E-state index is 5.21. The first-order valence-electron chi connectivity index (χ1n) is 4.48. The van der Waals surface area contributed by atoms with E-state index in [2.05, 4.69) is 21.1 Å². The van der Waals surface area contributed by atoms with Crippen LogP contribution in [0.4, 0.5) is 0 Å². The van der Waals surface area contributed by atoms with Crippen LogP contribution < -0.4 is 0 Å². The second kappa shape index (κ2) is 3.60. The Labute approximate surface area is 80.4 Å².